The van der Waals surface area contributed by atoms with Gasteiger partial charge in [0.25, 0.3) is 0 Å². The second-order valence-corrected chi connectivity index (χ2v) is 18.9. The van der Waals surface area contributed by atoms with Gasteiger partial charge in [-0.3, -0.25) is 19.2 Å². The van der Waals surface area contributed by atoms with Gasteiger partial charge in [-0.05, 0) is 95.8 Å². The average molecular weight is 977 g/mol. The van der Waals surface area contributed by atoms with Crippen molar-refractivity contribution in [3.8, 4) is 22.3 Å². The Kier molecular flexibility index (Phi) is 13.5. The Morgan fingerprint density at radius 3 is 1.38 bits per heavy atom. The average Bonchev–Trinajstić information content (AvgIpc) is 3.85. The van der Waals surface area contributed by atoms with Crippen LogP contribution in [0, 0.1) is 11.8 Å². The number of aliphatic hydroxyl groups excluding tert-OH is 2. The van der Waals surface area contributed by atoms with E-state index in [1.54, 1.807) is 12.2 Å². The molecule has 0 spiro atoms. The number of aliphatic hydroxyl groups is 2. The van der Waals surface area contributed by atoms with Crippen LogP contribution in [-0.2, 0) is 33.3 Å². The number of piperidine rings is 2. The van der Waals surface area contributed by atoms with Crippen LogP contribution >= 0.6 is 58.2 Å². The largest absolute Gasteiger partial charge is 0.481 e. The van der Waals surface area contributed by atoms with E-state index in [1.165, 1.54) is 33.7 Å². The quantitative estimate of drug-likeness (QED) is 0.0979. The minimum Gasteiger partial charge on any atom is -0.481 e. The molecule has 2 amide bonds. The molecule has 2 aromatic heterocycles. The first kappa shape index (κ1) is 46.3. The number of aliphatic carboxylic acids is 2. The topological polar surface area (TPSA) is 166 Å². The van der Waals surface area contributed by atoms with E-state index >= 15 is 0 Å². The van der Waals surface area contributed by atoms with Crippen molar-refractivity contribution in [2.24, 2.45) is 25.9 Å². The Labute approximate surface area is 397 Å². The first-order valence-corrected chi connectivity index (χ1v) is 22.9. The maximum Gasteiger partial charge on any atom is 0.310 e. The minimum absolute atomic E-state index is 0.126. The van der Waals surface area contributed by atoms with Crippen LogP contribution < -0.4 is 0 Å². The molecule has 4 heterocycles. The molecule has 2 saturated heterocycles. The third-order valence-corrected chi connectivity index (χ3v) is 15.3. The number of hydrogen-bond donors (Lipinski definition) is 4. The SMILES string of the molecule is Cn1ccc2cc(-c3cc(Sc4cc(-c5ccc6c(ccn6C)c5)c(/C=C/C(=O)N5CCC(O)C(C(=O)O)C5)c(Cl)c4Cl)c(Cl)c(Cl)c3/C=C/C(=O)N3CCC(O)C(C(=O)O)C3)ccc21. The molecule has 4 aromatic carbocycles. The molecular weight excluding hydrogens is 934 g/mol. The number of nitrogens with zero attached hydrogens (tertiary/aromatic N) is 4. The molecule has 0 radical (unpaired) electrons. The number of carbonyl (C=O) groups excluding carboxylic acids is 2. The molecule has 0 saturated carbocycles. The van der Waals surface area contributed by atoms with Crippen molar-refractivity contribution in [2.75, 3.05) is 26.2 Å². The van der Waals surface area contributed by atoms with Crippen molar-refractivity contribution in [1.82, 2.24) is 18.9 Å². The number of fused-ring (bicyclic) bond motifs is 2. The third kappa shape index (κ3) is 9.29. The van der Waals surface area contributed by atoms with Gasteiger partial charge in [0, 0.05) is 108 Å². The Balaban J connectivity index is 1.20. The number of hydrogen-bond acceptors (Lipinski definition) is 7. The molecule has 0 aliphatic carbocycles. The fourth-order valence-electron chi connectivity index (χ4n) is 8.49. The number of likely N-dealkylation sites (tertiary alicyclic amines) is 2. The van der Waals surface area contributed by atoms with Crippen molar-refractivity contribution in [1.29, 1.82) is 0 Å². The molecule has 4 N–H and O–H groups in total. The van der Waals surface area contributed by atoms with E-state index in [9.17, 15) is 39.6 Å². The number of amides is 2. The van der Waals surface area contributed by atoms with Gasteiger partial charge in [0.2, 0.25) is 11.8 Å². The normalized spacial score (nSPS) is 19.3. The van der Waals surface area contributed by atoms with Gasteiger partial charge in [-0.1, -0.05) is 70.3 Å². The summed E-state index contributed by atoms with van der Waals surface area (Å²) >= 11 is 29.8. The summed E-state index contributed by atoms with van der Waals surface area (Å²) in [5.41, 5.74) is 5.70. The maximum atomic E-state index is 13.5. The van der Waals surface area contributed by atoms with Crippen LogP contribution in [0.5, 0.6) is 0 Å². The van der Waals surface area contributed by atoms with Crippen LogP contribution in [0.25, 0.3) is 56.2 Å². The van der Waals surface area contributed by atoms with Crippen LogP contribution in [0.2, 0.25) is 20.1 Å². The highest BCUT2D eigenvalue weighted by Crippen LogP contribution is 2.49. The summed E-state index contributed by atoms with van der Waals surface area (Å²) in [5.74, 6) is -5.48. The zero-order chi connectivity index (χ0) is 46.4. The van der Waals surface area contributed by atoms with Gasteiger partial charge in [0.1, 0.15) is 11.8 Å². The van der Waals surface area contributed by atoms with Crippen LogP contribution in [0.15, 0.2) is 95.0 Å². The van der Waals surface area contributed by atoms with Gasteiger partial charge in [-0.2, -0.15) is 0 Å². The Morgan fingerprint density at radius 1 is 0.600 bits per heavy atom. The Hall–Kier alpha value is -5.25. The van der Waals surface area contributed by atoms with E-state index in [1.807, 2.05) is 96.3 Å². The standard InChI is InChI=1S/C48H42Cl4N4O8S/c1-53-15-11-27-19-25(3-7-35(27)53)31-21-39(45(51)43(49)29(31)5-9-41(59)55-17-13-37(57)33(23-55)47(61)62)65-40-22-32(26-4-8-36-28(20-26)12-16-54(36)2)30(44(50)46(40)52)6-10-42(60)56-18-14-38(58)34(24-56)48(63)64/h3-12,15-16,19-22,33-34,37-38,57-58H,13-14,17-18,23-24H2,1-2H3,(H,61,62)(H,63,64)/b9-5+,10-6+. The lowest BCUT2D eigenvalue weighted by Crippen LogP contribution is -2.48. The molecule has 2 aliphatic heterocycles. The van der Waals surface area contributed by atoms with Crippen molar-refractivity contribution in [3.63, 3.8) is 0 Å². The molecule has 17 heteroatoms. The number of benzene rings is 4. The summed E-state index contributed by atoms with van der Waals surface area (Å²) in [6.45, 7) is 0.0737. The second-order valence-electron chi connectivity index (χ2n) is 16.3. The van der Waals surface area contributed by atoms with Crippen LogP contribution in [0.1, 0.15) is 24.0 Å². The van der Waals surface area contributed by atoms with E-state index in [4.69, 9.17) is 46.4 Å². The summed E-state index contributed by atoms with van der Waals surface area (Å²) in [4.78, 5) is 54.4. The van der Waals surface area contributed by atoms with Crippen LogP contribution in [0.4, 0.5) is 0 Å². The minimum atomic E-state index is -1.18. The van der Waals surface area contributed by atoms with Crippen molar-refractivity contribution >= 4 is 116 Å². The number of carboxylic acids is 2. The Bertz CT molecular complexity index is 2780. The highest BCUT2D eigenvalue weighted by molar-refractivity contribution is 7.99. The number of aromatic nitrogens is 2. The van der Waals surface area contributed by atoms with Gasteiger partial charge in [0.15, 0.2) is 0 Å². The molecule has 336 valence electrons. The highest BCUT2D eigenvalue weighted by Gasteiger charge is 2.36. The number of rotatable bonds is 10. The Morgan fingerprint density at radius 2 is 1.00 bits per heavy atom. The smallest absolute Gasteiger partial charge is 0.310 e. The molecule has 4 unspecified atom stereocenters. The lowest BCUT2D eigenvalue weighted by Gasteiger charge is -2.33. The lowest BCUT2D eigenvalue weighted by atomic mass is 9.94. The van der Waals surface area contributed by atoms with E-state index in [-0.39, 0.29) is 59.1 Å². The van der Waals surface area contributed by atoms with Gasteiger partial charge in [0.05, 0.1) is 32.3 Å². The zero-order valence-corrected chi connectivity index (χ0v) is 38.8. The van der Waals surface area contributed by atoms with Gasteiger partial charge in [-0.15, -0.1) is 0 Å². The van der Waals surface area contributed by atoms with E-state index in [2.05, 4.69) is 0 Å². The van der Waals surface area contributed by atoms with Crippen LogP contribution in [-0.4, -0.2) is 102 Å². The highest BCUT2D eigenvalue weighted by atomic mass is 35.5. The summed E-state index contributed by atoms with van der Waals surface area (Å²) in [6.07, 6.45) is 7.82. The number of carboxylic acid groups (broad SMARTS) is 2. The first-order valence-electron chi connectivity index (χ1n) is 20.6. The molecule has 8 rings (SSSR count). The predicted molar refractivity (Wildman–Crippen MR) is 256 cm³/mol. The summed E-state index contributed by atoms with van der Waals surface area (Å²) in [7, 11) is 3.89. The lowest BCUT2D eigenvalue weighted by molar-refractivity contribution is -0.152. The fourth-order valence-corrected chi connectivity index (χ4v) is 10.7. The molecule has 12 nitrogen and oxygen atoms in total. The zero-order valence-electron chi connectivity index (χ0n) is 34.9. The molecule has 4 atom stereocenters. The molecule has 2 fully saturated rings. The van der Waals surface area contributed by atoms with Crippen LogP contribution in [0.3, 0.4) is 0 Å². The number of carbonyl (C=O) groups is 4. The summed E-state index contributed by atoms with van der Waals surface area (Å²) in [5, 5.41) is 42.3. The van der Waals surface area contributed by atoms with Crippen molar-refractivity contribution in [2.45, 2.75) is 34.8 Å². The molecular formula is C48H42Cl4N4O8S. The third-order valence-electron chi connectivity index (χ3n) is 12.2. The van der Waals surface area contributed by atoms with Gasteiger partial charge < -0.3 is 39.4 Å². The summed E-state index contributed by atoms with van der Waals surface area (Å²) < 4.78 is 3.99. The van der Waals surface area contributed by atoms with Gasteiger partial charge in [-0.25, -0.2) is 0 Å². The summed E-state index contributed by atoms with van der Waals surface area (Å²) in [6, 6.07) is 19.5. The predicted octanol–water partition coefficient (Wildman–Crippen LogP) is 9.38. The number of halogens is 4. The van der Waals surface area contributed by atoms with Crippen molar-refractivity contribution < 1.29 is 39.6 Å². The molecule has 6 aromatic rings. The maximum absolute atomic E-state index is 13.5. The van der Waals surface area contributed by atoms with E-state index in [0.717, 1.165) is 32.9 Å². The molecule has 2 aliphatic rings. The molecule has 0 bridgehead atoms. The van der Waals surface area contributed by atoms with E-state index < -0.39 is 47.8 Å². The van der Waals surface area contributed by atoms with Crippen molar-refractivity contribution in [3.05, 3.63) is 116 Å². The first-order chi connectivity index (χ1) is 31.0. The second kappa shape index (κ2) is 18.9. The molecule has 65 heavy (non-hydrogen) atoms. The monoisotopic (exact) mass is 974 g/mol. The fraction of sp³-hybridized carbons (Fsp3) is 0.250. The number of aryl methyl sites for hydroxylation is 2. The van der Waals surface area contributed by atoms with Gasteiger partial charge >= 0.3 is 11.9 Å². The van der Waals surface area contributed by atoms with E-state index in [0.29, 0.717) is 32.0 Å².